The summed E-state index contributed by atoms with van der Waals surface area (Å²) in [5, 5.41) is 5.47. The first-order chi connectivity index (χ1) is 12.0. The molecule has 2 aromatic carbocycles. The van der Waals surface area contributed by atoms with Crippen LogP contribution in [0.25, 0.3) is 0 Å². The van der Waals surface area contributed by atoms with Crippen molar-refractivity contribution < 1.29 is 19.1 Å². The topological polar surface area (TPSA) is 76.7 Å². The molecule has 1 aliphatic rings. The summed E-state index contributed by atoms with van der Waals surface area (Å²) in [5.74, 6) is 0.490. The highest BCUT2D eigenvalue weighted by molar-refractivity contribution is 6.08. The van der Waals surface area contributed by atoms with E-state index in [4.69, 9.17) is 9.47 Å². The Kier molecular flexibility index (Phi) is 4.88. The van der Waals surface area contributed by atoms with E-state index < -0.39 is 0 Å². The normalized spacial score (nSPS) is 12.4. The molecule has 0 atom stereocenters. The van der Waals surface area contributed by atoms with E-state index in [-0.39, 0.29) is 18.2 Å². The van der Waals surface area contributed by atoms with E-state index in [0.29, 0.717) is 30.4 Å². The number of hydrogen-bond donors (Lipinski definition) is 2. The highest BCUT2D eigenvalue weighted by Gasteiger charge is 2.15. The number of rotatable bonds is 4. The van der Waals surface area contributed by atoms with Crippen molar-refractivity contribution in [2.75, 3.05) is 23.8 Å². The Morgan fingerprint density at radius 2 is 1.64 bits per heavy atom. The fourth-order valence-electron chi connectivity index (χ4n) is 2.54. The Labute approximate surface area is 146 Å². The van der Waals surface area contributed by atoms with E-state index in [2.05, 4.69) is 10.6 Å². The molecule has 0 bridgehead atoms. The van der Waals surface area contributed by atoms with E-state index >= 15 is 0 Å². The molecule has 0 aliphatic carbocycles. The zero-order valence-electron chi connectivity index (χ0n) is 14.2. The highest BCUT2D eigenvalue weighted by atomic mass is 16.6. The Balaban J connectivity index is 1.58. The van der Waals surface area contributed by atoms with Crippen molar-refractivity contribution in [3.8, 4) is 11.5 Å². The van der Waals surface area contributed by atoms with Crippen molar-refractivity contribution in [2.45, 2.75) is 20.3 Å². The van der Waals surface area contributed by atoms with Crippen molar-refractivity contribution >= 4 is 23.2 Å². The van der Waals surface area contributed by atoms with E-state index in [9.17, 15) is 9.59 Å². The van der Waals surface area contributed by atoms with Gasteiger partial charge in [-0.2, -0.15) is 0 Å². The molecule has 1 aliphatic heterocycles. The predicted octanol–water partition coefficient (Wildman–Crippen LogP) is 3.04. The lowest BCUT2D eigenvalue weighted by atomic mass is 10.1. The lowest BCUT2D eigenvalue weighted by Gasteiger charge is -2.19. The number of benzene rings is 2. The first-order valence-corrected chi connectivity index (χ1v) is 8.08. The first kappa shape index (κ1) is 16.8. The number of aryl methyl sites for hydroxylation is 2. The number of hydrogen-bond acceptors (Lipinski definition) is 4. The summed E-state index contributed by atoms with van der Waals surface area (Å²) in [6, 6.07) is 10.9. The molecule has 2 amide bonds. The van der Waals surface area contributed by atoms with Crippen LogP contribution in [0, 0.1) is 13.8 Å². The fraction of sp³-hybridized carbons (Fsp3) is 0.263. The second-order valence-corrected chi connectivity index (χ2v) is 5.95. The third kappa shape index (κ3) is 4.29. The molecule has 0 radical (unpaired) electrons. The van der Waals surface area contributed by atoms with Crippen molar-refractivity contribution in [3.05, 3.63) is 47.5 Å². The van der Waals surface area contributed by atoms with E-state index in [1.807, 2.05) is 32.0 Å². The summed E-state index contributed by atoms with van der Waals surface area (Å²) in [4.78, 5) is 24.2. The molecule has 2 aromatic rings. The smallest absolute Gasteiger partial charge is 0.233 e. The predicted molar refractivity (Wildman–Crippen MR) is 95.2 cm³/mol. The molecule has 1 heterocycles. The van der Waals surface area contributed by atoms with Gasteiger partial charge >= 0.3 is 0 Å². The molecular formula is C19H20N2O4. The van der Waals surface area contributed by atoms with Crippen LogP contribution in [0.3, 0.4) is 0 Å². The van der Waals surface area contributed by atoms with Crippen LogP contribution >= 0.6 is 0 Å². The van der Waals surface area contributed by atoms with Gasteiger partial charge in [0.2, 0.25) is 11.8 Å². The molecule has 6 nitrogen and oxygen atoms in total. The Bertz CT molecular complexity index is 817. The molecular weight excluding hydrogens is 320 g/mol. The van der Waals surface area contributed by atoms with Gasteiger partial charge in [-0.05, 0) is 43.2 Å². The van der Waals surface area contributed by atoms with Crippen LogP contribution in [0.15, 0.2) is 36.4 Å². The standard InChI is InChI=1S/C19H20N2O4/c1-12-3-4-13(2)15(9-12)21-19(23)11-18(22)20-14-5-6-16-17(10-14)25-8-7-24-16/h3-6,9-10H,7-8,11H2,1-2H3,(H,20,22)(H,21,23). The lowest BCUT2D eigenvalue weighted by molar-refractivity contribution is -0.123. The van der Waals surface area contributed by atoms with Crippen molar-refractivity contribution in [1.29, 1.82) is 0 Å². The molecule has 3 rings (SSSR count). The molecule has 0 fully saturated rings. The van der Waals surface area contributed by atoms with Crippen LogP contribution in [-0.4, -0.2) is 25.0 Å². The number of anilines is 2. The second kappa shape index (κ2) is 7.25. The zero-order valence-corrected chi connectivity index (χ0v) is 14.2. The summed E-state index contributed by atoms with van der Waals surface area (Å²) in [6.07, 6.45) is -0.262. The van der Waals surface area contributed by atoms with E-state index in [0.717, 1.165) is 16.8 Å². The summed E-state index contributed by atoms with van der Waals surface area (Å²) < 4.78 is 10.9. The van der Waals surface area contributed by atoms with Gasteiger partial charge in [0.25, 0.3) is 0 Å². The Morgan fingerprint density at radius 1 is 0.920 bits per heavy atom. The second-order valence-electron chi connectivity index (χ2n) is 5.95. The number of ether oxygens (including phenoxy) is 2. The number of amides is 2. The van der Waals surface area contributed by atoms with Gasteiger partial charge in [0, 0.05) is 17.4 Å². The largest absolute Gasteiger partial charge is 0.486 e. The SMILES string of the molecule is Cc1ccc(C)c(NC(=O)CC(=O)Nc2ccc3c(c2)OCCO3)c1. The lowest BCUT2D eigenvalue weighted by Crippen LogP contribution is -2.22. The quantitative estimate of drug-likeness (QED) is 0.839. The maximum atomic E-state index is 12.1. The van der Waals surface area contributed by atoms with Crippen LogP contribution in [0.4, 0.5) is 11.4 Å². The summed E-state index contributed by atoms with van der Waals surface area (Å²) in [5.41, 5.74) is 3.28. The maximum Gasteiger partial charge on any atom is 0.233 e. The molecule has 2 N–H and O–H groups in total. The molecule has 6 heteroatoms. The average molecular weight is 340 g/mol. The molecule has 0 unspecified atom stereocenters. The summed E-state index contributed by atoms with van der Waals surface area (Å²) in [6.45, 7) is 4.84. The summed E-state index contributed by atoms with van der Waals surface area (Å²) >= 11 is 0. The van der Waals surface area contributed by atoms with Crippen LogP contribution in [0.2, 0.25) is 0 Å². The fourth-order valence-corrected chi connectivity index (χ4v) is 2.54. The van der Waals surface area contributed by atoms with Gasteiger partial charge in [-0.3, -0.25) is 9.59 Å². The molecule has 0 saturated heterocycles. The Hall–Kier alpha value is -3.02. The Morgan fingerprint density at radius 3 is 2.44 bits per heavy atom. The maximum absolute atomic E-state index is 12.1. The minimum atomic E-state index is -0.389. The van der Waals surface area contributed by atoms with Gasteiger partial charge in [0.1, 0.15) is 19.6 Å². The summed E-state index contributed by atoms with van der Waals surface area (Å²) in [7, 11) is 0. The molecule has 130 valence electrons. The number of nitrogens with one attached hydrogen (secondary N) is 2. The van der Waals surface area contributed by atoms with Crippen molar-refractivity contribution in [1.82, 2.24) is 0 Å². The molecule has 0 aromatic heterocycles. The van der Waals surface area contributed by atoms with Crippen LogP contribution < -0.4 is 20.1 Å². The van der Waals surface area contributed by atoms with Gasteiger partial charge in [-0.15, -0.1) is 0 Å². The average Bonchev–Trinajstić information content (AvgIpc) is 2.58. The first-order valence-electron chi connectivity index (χ1n) is 8.08. The number of carbonyl (C=O) groups is 2. The number of carbonyl (C=O) groups excluding carboxylic acids is 2. The van der Waals surface area contributed by atoms with Crippen molar-refractivity contribution in [3.63, 3.8) is 0 Å². The van der Waals surface area contributed by atoms with Gasteiger partial charge < -0.3 is 20.1 Å². The van der Waals surface area contributed by atoms with E-state index in [1.165, 1.54) is 0 Å². The third-order valence-corrected chi connectivity index (χ3v) is 3.81. The van der Waals surface area contributed by atoms with Crippen molar-refractivity contribution in [2.24, 2.45) is 0 Å². The van der Waals surface area contributed by atoms with Gasteiger partial charge in [-0.25, -0.2) is 0 Å². The van der Waals surface area contributed by atoms with Gasteiger partial charge in [0.05, 0.1) is 0 Å². The van der Waals surface area contributed by atoms with Gasteiger partial charge in [0.15, 0.2) is 11.5 Å². The van der Waals surface area contributed by atoms with E-state index in [1.54, 1.807) is 18.2 Å². The zero-order chi connectivity index (χ0) is 17.8. The number of fused-ring (bicyclic) bond motifs is 1. The molecule has 0 saturated carbocycles. The van der Waals surface area contributed by atoms with Crippen LogP contribution in [0.1, 0.15) is 17.5 Å². The third-order valence-electron chi connectivity index (χ3n) is 3.81. The van der Waals surface area contributed by atoms with Crippen LogP contribution in [-0.2, 0) is 9.59 Å². The monoisotopic (exact) mass is 340 g/mol. The highest BCUT2D eigenvalue weighted by Crippen LogP contribution is 2.32. The minimum absolute atomic E-state index is 0.262. The minimum Gasteiger partial charge on any atom is -0.486 e. The molecule has 25 heavy (non-hydrogen) atoms. The van der Waals surface area contributed by atoms with Crippen LogP contribution in [0.5, 0.6) is 11.5 Å². The molecule has 0 spiro atoms. The van der Waals surface area contributed by atoms with Gasteiger partial charge in [-0.1, -0.05) is 12.1 Å².